The molecule has 148 valence electrons. The average molecular weight is 388 g/mol. The molecule has 1 atom stereocenters. The van der Waals surface area contributed by atoms with Gasteiger partial charge in [-0.3, -0.25) is 14.2 Å². The summed E-state index contributed by atoms with van der Waals surface area (Å²) in [5.41, 5.74) is 4.65. The third-order valence-electron chi connectivity index (χ3n) is 6.21. The minimum Gasteiger partial charge on any atom is -0.310 e. The van der Waals surface area contributed by atoms with Gasteiger partial charge in [0.05, 0.1) is 5.39 Å². The number of hydrogen-bond acceptors (Lipinski definition) is 4. The van der Waals surface area contributed by atoms with Crippen molar-refractivity contribution in [2.24, 2.45) is 0 Å². The van der Waals surface area contributed by atoms with Crippen molar-refractivity contribution in [3.63, 3.8) is 0 Å². The van der Waals surface area contributed by atoms with Gasteiger partial charge in [0.1, 0.15) is 12.4 Å². The SMILES string of the molecule is CC[C@H](C(=O)N1CCc2ccccc21)n1cnc2nc3c(cc2c1=O)CCCC3. The van der Waals surface area contributed by atoms with Crippen LogP contribution in [0.5, 0.6) is 0 Å². The first kappa shape index (κ1) is 18.0. The molecule has 1 aliphatic carbocycles. The first-order chi connectivity index (χ1) is 14.2. The molecule has 0 fully saturated rings. The lowest BCUT2D eigenvalue weighted by atomic mass is 9.95. The average Bonchev–Trinajstić information content (AvgIpc) is 3.19. The second-order valence-corrected chi connectivity index (χ2v) is 7.92. The van der Waals surface area contributed by atoms with E-state index in [9.17, 15) is 9.59 Å². The molecule has 1 aromatic carbocycles. The lowest BCUT2D eigenvalue weighted by Gasteiger charge is -2.25. The van der Waals surface area contributed by atoms with Crippen LogP contribution in [0.1, 0.15) is 49.0 Å². The molecule has 0 N–H and O–H groups in total. The molecule has 6 nitrogen and oxygen atoms in total. The molecule has 1 amide bonds. The van der Waals surface area contributed by atoms with Crippen LogP contribution >= 0.6 is 0 Å². The van der Waals surface area contributed by atoms with E-state index < -0.39 is 6.04 Å². The Kier molecular flexibility index (Phi) is 4.42. The molecule has 2 aliphatic rings. The van der Waals surface area contributed by atoms with Crippen LogP contribution in [-0.2, 0) is 24.1 Å². The van der Waals surface area contributed by atoms with Crippen LogP contribution in [0.4, 0.5) is 5.69 Å². The number of rotatable bonds is 3. The van der Waals surface area contributed by atoms with Crippen LogP contribution in [0.3, 0.4) is 0 Å². The Morgan fingerprint density at radius 1 is 1.14 bits per heavy atom. The summed E-state index contributed by atoms with van der Waals surface area (Å²) in [5.74, 6) is -0.0494. The molecule has 29 heavy (non-hydrogen) atoms. The number of carbonyl (C=O) groups excluding carboxylic acids is 1. The number of para-hydroxylation sites is 1. The van der Waals surface area contributed by atoms with Gasteiger partial charge in [-0.05, 0) is 61.8 Å². The summed E-state index contributed by atoms with van der Waals surface area (Å²) in [4.78, 5) is 37.6. The van der Waals surface area contributed by atoms with Crippen LogP contribution in [0.25, 0.3) is 11.0 Å². The summed E-state index contributed by atoms with van der Waals surface area (Å²) in [5, 5.41) is 0.515. The lowest BCUT2D eigenvalue weighted by Crippen LogP contribution is -2.39. The number of aromatic nitrogens is 3. The Morgan fingerprint density at radius 2 is 1.97 bits per heavy atom. The van der Waals surface area contributed by atoms with Gasteiger partial charge in [-0.25, -0.2) is 9.97 Å². The van der Waals surface area contributed by atoms with E-state index in [4.69, 9.17) is 0 Å². The number of hydrogen-bond donors (Lipinski definition) is 0. The number of benzene rings is 1. The molecule has 0 saturated heterocycles. The van der Waals surface area contributed by atoms with Gasteiger partial charge >= 0.3 is 0 Å². The Morgan fingerprint density at radius 3 is 2.83 bits per heavy atom. The molecule has 5 rings (SSSR count). The molecule has 0 radical (unpaired) electrons. The van der Waals surface area contributed by atoms with E-state index in [0.29, 0.717) is 24.0 Å². The van der Waals surface area contributed by atoms with E-state index in [2.05, 4.69) is 16.0 Å². The van der Waals surface area contributed by atoms with E-state index >= 15 is 0 Å². The molecular formula is C23H24N4O2. The van der Waals surface area contributed by atoms with Crippen molar-refractivity contribution in [1.29, 1.82) is 0 Å². The lowest BCUT2D eigenvalue weighted by molar-refractivity contribution is -0.121. The Labute approximate surface area is 169 Å². The maximum atomic E-state index is 13.4. The van der Waals surface area contributed by atoms with Gasteiger partial charge < -0.3 is 4.90 Å². The van der Waals surface area contributed by atoms with Gasteiger partial charge in [-0.1, -0.05) is 25.1 Å². The van der Waals surface area contributed by atoms with Gasteiger partial charge in [0.2, 0.25) is 5.91 Å². The normalized spacial score (nSPS) is 16.5. The van der Waals surface area contributed by atoms with Crippen molar-refractivity contribution in [2.45, 2.75) is 51.5 Å². The number of aryl methyl sites for hydroxylation is 2. The zero-order valence-corrected chi connectivity index (χ0v) is 16.6. The fourth-order valence-electron chi connectivity index (χ4n) is 4.65. The summed E-state index contributed by atoms with van der Waals surface area (Å²) in [7, 11) is 0. The van der Waals surface area contributed by atoms with Crippen molar-refractivity contribution >= 4 is 22.6 Å². The highest BCUT2D eigenvalue weighted by molar-refractivity contribution is 5.98. The van der Waals surface area contributed by atoms with Crippen molar-refractivity contribution in [3.8, 4) is 0 Å². The molecule has 1 aliphatic heterocycles. The maximum Gasteiger partial charge on any atom is 0.263 e. The smallest absolute Gasteiger partial charge is 0.263 e. The first-order valence-corrected chi connectivity index (χ1v) is 10.5. The van der Waals surface area contributed by atoms with Crippen molar-refractivity contribution < 1.29 is 4.79 Å². The molecule has 3 heterocycles. The zero-order chi connectivity index (χ0) is 20.0. The van der Waals surface area contributed by atoms with Crippen LogP contribution in [0, 0.1) is 0 Å². The topological polar surface area (TPSA) is 68.1 Å². The molecule has 3 aromatic rings. The third kappa shape index (κ3) is 2.94. The third-order valence-corrected chi connectivity index (χ3v) is 6.21. The van der Waals surface area contributed by atoms with Gasteiger partial charge in [0.15, 0.2) is 5.65 Å². The van der Waals surface area contributed by atoms with Crippen molar-refractivity contribution in [1.82, 2.24) is 14.5 Å². The van der Waals surface area contributed by atoms with E-state index in [0.717, 1.165) is 49.0 Å². The second kappa shape index (κ2) is 7.10. The summed E-state index contributed by atoms with van der Waals surface area (Å²) < 4.78 is 1.50. The minimum absolute atomic E-state index is 0.0494. The number of anilines is 1. The molecule has 2 aromatic heterocycles. The highest BCUT2D eigenvalue weighted by atomic mass is 16.2. The molecule has 0 bridgehead atoms. The largest absolute Gasteiger partial charge is 0.310 e. The number of carbonyl (C=O) groups is 1. The van der Waals surface area contributed by atoms with Gasteiger partial charge in [0, 0.05) is 17.9 Å². The summed E-state index contributed by atoms with van der Waals surface area (Å²) in [6, 6.07) is 9.36. The van der Waals surface area contributed by atoms with Crippen LogP contribution in [0.2, 0.25) is 0 Å². The Hall–Kier alpha value is -3.02. The minimum atomic E-state index is -0.568. The summed E-state index contributed by atoms with van der Waals surface area (Å²) >= 11 is 0. The molecule has 0 spiro atoms. The fraction of sp³-hybridized carbons (Fsp3) is 0.391. The van der Waals surface area contributed by atoms with E-state index in [-0.39, 0.29) is 11.5 Å². The predicted molar refractivity (Wildman–Crippen MR) is 112 cm³/mol. The number of fused-ring (bicyclic) bond motifs is 3. The van der Waals surface area contributed by atoms with E-state index in [1.165, 1.54) is 16.5 Å². The zero-order valence-electron chi connectivity index (χ0n) is 16.6. The Balaban J connectivity index is 1.56. The quantitative estimate of drug-likeness (QED) is 0.691. The monoisotopic (exact) mass is 388 g/mol. The van der Waals surface area contributed by atoms with Crippen LogP contribution in [0.15, 0.2) is 41.5 Å². The highest BCUT2D eigenvalue weighted by Gasteiger charge is 2.31. The van der Waals surface area contributed by atoms with Crippen molar-refractivity contribution in [2.75, 3.05) is 11.4 Å². The molecule has 0 saturated carbocycles. The van der Waals surface area contributed by atoms with E-state index in [1.807, 2.05) is 36.1 Å². The number of nitrogens with zero attached hydrogens (tertiary/aromatic N) is 4. The van der Waals surface area contributed by atoms with Gasteiger partial charge in [0.25, 0.3) is 5.56 Å². The van der Waals surface area contributed by atoms with E-state index in [1.54, 1.807) is 0 Å². The van der Waals surface area contributed by atoms with Crippen LogP contribution in [-0.4, -0.2) is 27.0 Å². The molecule has 6 heteroatoms. The Bertz CT molecular complexity index is 1170. The molecular weight excluding hydrogens is 364 g/mol. The van der Waals surface area contributed by atoms with Crippen LogP contribution < -0.4 is 10.5 Å². The second-order valence-electron chi connectivity index (χ2n) is 7.92. The van der Waals surface area contributed by atoms with Gasteiger partial charge in [-0.2, -0.15) is 0 Å². The summed E-state index contributed by atoms with van der Waals surface area (Å²) in [6.45, 7) is 2.59. The highest BCUT2D eigenvalue weighted by Crippen LogP contribution is 2.30. The molecule has 0 unspecified atom stereocenters. The van der Waals surface area contributed by atoms with Gasteiger partial charge in [-0.15, -0.1) is 0 Å². The maximum absolute atomic E-state index is 13.4. The summed E-state index contributed by atoms with van der Waals surface area (Å²) in [6.07, 6.45) is 7.03. The number of pyridine rings is 1. The number of amides is 1. The predicted octanol–water partition coefficient (Wildman–Crippen LogP) is 3.21. The van der Waals surface area contributed by atoms with Crippen molar-refractivity contribution in [3.05, 3.63) is 63.8 Å². The first-order valence-electron chi connectivity index (χ1n) is 10.5. The fourth-order valence-corrected chi connectivity index (χ4v) is 4.65. The standard InChI is InChI=1S/C23H24N4O2/c1-2-19(23(29)26-12-11-15-7-4-6-10-20(15)26)27-14-24-21-17(22(27)28)13-16-8-3-5-9-18(16)25-21/h4,6-7,10,13-14,19H,2-3,5,8-9,11-12H2,1H3/t19-/m1/s1.